The predicted molar refractivity (Wildman–Crippen MR) is 122 cm³/mol. The fraction of sp³-hybridized carbons (Fsp3) is 0.261. The molecule has 3 aromatic rings. The molecule has 1 amide bonds. The maximum Gasteiger partial charge on any atom is 0.289 e. The molecule has 0 radical (unpaired) electrons. The van der Waals surface area contributed by atoms with Crippen molar-refractivity contribution in [1.82, 2.24) is 9.80 Å². The van der Waals surface area contributed by atoms with Gasteiger partial charge in [0.1, 0.15) is 23.1 Å². The van der Waals surface area contributed by atoms with Gasteiger partial charge in [0.2, 0.25) is 0 Å². The standard InChI is InChI=1S/C23H21Cl3N2O3/c24-17-6-4-16(5-7-17)14-27-10-12-28(13-11-27)23(29)21-9-8-18(31-21)15-30-20-3-1-2-19(25)22(20)26/h1-9H,10-15H2. The van der Waals surface area contributed by atoms with Gasteiger partial charge in [0.05, 0.1) is 5.02 Å². The minimum absolute atomic E-state index is 0.113. The molecule has 31 heavy (non-hydrogen) atoms. The van der Waals surface area contributed by atoms with Crippen LogP contribution in [0.25, 0.3) is 0 Å². The SMILES string of the molecule is O=C(c1ccc(COc2cccc(Cl)c2Cl)o1)N1CCN(Cc2ccc(Cl)cc2)CC1. The third kappa shape index (κ3) is 5.55. The minimum Gasteiger partial charge on any atom is -0.484 e. The first-order valence-corrected chi connectivity index (χ1v) is 11.0. The Morgan fingerprint density at radius 2 is 1.68 bits per heavy atom. The third-order valence-electron chi connectivity index (χ3n) is 5.14. The second-order valence-corrected chi connectivity index (χ2v) is 8.52. The first-order chi connectivity index (χ1) is 15.0. The largest absolute Gasteiger partial charge is 0.484 e. The molecule has 1 fully saturated rings. The molecule has 0 spiro atoms. The van der Waals surface area contributed by atoms with Crippen LogP contribution in [0.15, 0.2) is 59.0 Å². The number of carbonyl (C=O) groups is 1. The summed E-state index contributed by atoms with van der Waals surface area (Å²) in [5.41, 5.74) is 1.21. The van der Waals surface area contributed by atoms with Crippen LogP contribution in [0.2, 0.25) is 15.1 Å². The maximum absolute atomic E-state index is 12.8. The van der Waals surface area contributed by atoms with E-state index in [1.54, 1.807) is 30.3 Å². The normalized spacial score (nSPS) is 14.6. The Hall–Kier alpha value is -2.18. The van der Waals surface area contributed by atoms with Crippen LogP contribution in [-0.4, -0.2) is 41.9 Å². The Balaban J connectivity index is 1.29. The summed E-state index contributed by atoms with van der Waals surface area (Å²) < 4.78 is 11.4. The topological polar surface area (TPSA) is 45.9 Å². The lowest BCUT2D eigenvalue weighted by Crippen LogP contribution is -2.48. The van der Waals surface area contributed by atoms with Gasteiger partial charge in [0.15, 0.2) is 5.76 Å². The van der Waals surface area contributed by atoms with Crippen LogP contribution in [-0.2, 0) is 13.2 Å². The van der Waals surface area contributed by atoms with Crippen molar-refractivity contribution in [3.05, 3.63) is 86.7 Å². The zero-order valence-electron chi connectivity index (χ0n) is 16.7. The number of carbonyl (C=O) groups excluding carboxylic acids is 1. The average Bonchev–Trinajstić information content (AvgIpc) is 3.25. The van der Waals surface area contributed by atoms with Gasteiger partial charge in [-0.05, 0) is 42.0 Å². The highest BCUT2D eigenvalue weighted by molar-refractivity contribution is 6.42. The van der Waals surface area contributed by atoms with E-state index in [2.05, 4.69) is 4.90 Å². The minimum atomic E-state index is -0.113. The summed E-state index contributed by atoms with van der Waals surface area (Å²) in [4.78, 5) is 16.9. The van der Waals surface area contributed by atoms with Crippen molar-refractivity contribution in [3.63, 3.8) is 0 Å². The number of nitrogens with zero attached hydrogens (tertiary/aromatic N) is 2. The van der Waals surface area contributed by atoms with Crippen molar-refractivity contribution in [3.8, 4) is 5.75 Å². The molecule has 0 bridgehead atoms. The van der Waals surface area contributed by atoms with Gasteiger partial charge >= 0.3 is 0 Å². The van der Waals surface area contributed by atoms with Crippen molar-refractivity contribution < 1.29 is 13.9 Å². The molecule has 5 nitrogen and oxygen atoms in total. The smallest absolute Gasteiger partial charge is 0.289 e. The van der Waals surface area contributed by atoms with E-state index in [4.69, 9.17) is 44.0 Å². The van der Waals surface area contributed by atoms with Crippen LogP contribution in [0.4, 0.5) is 0 Å². The second-order valence-electron chi connectivity index (χ2n) is 7.30. The van der Waals surface area contributed by atoms with Crippen molar-refractivity contribution in [1.29, 1.82) is 0 Å². The number of rotatable bonds is 6. The molecule has 1 aliphatic heterocycles. The summed E-state index contributed by atoms with van der Waals surface area (Å²) in [5, 5.41) is 1.51. The Kier molecular flexibility index (Phi) is 7.08. The lowest BCUT2D eigenvalue weighted by molar-refractivity contribution is 0.0594. The van der Waals surface area contributed by atoms with Gasteiger partial charge in [0.25, 0.3) is 5.91 Å². The Labute approximate surface area is 196 Å². The van der Waals surface area contributed by atoms with Gasteiger partial charge in [0, 0.05) is 37.7 Å². The van der Waals surface area contributed by atoms with Gasteiger partial charge in [-0.25, -0.2) is 0 Å². The van der Waals surface area contributed by atoms with E-state index in [0.717, 1.165) is 24.7 Å². The summed E-state index contributed by atoms with van der Waals surface area (Å²) in [6, 6.07) is 16.5. The first-order valence-electron chi connectivity index (χ1n) is 9.91. The number of amides is 1. The van der Waals surface area contributed by atoms with E-state index in [9.17, 15) is 4.79 Å². The molecule has 0 aliphatic carbocycles. The lowest BCUT2D eigenvalue weighted by atomic mass is 10.2. The van der Waals surface area contributed by atoms with E-state index in [1.165, 1.54) is 5.56 Å². The molecule has 162 valence electrons. The molecule has 1 saturated heterocycles. The summed E-state index contributed by atoms with van der Waals surface area (Å²) in [6.45, 7) is 3.90. The monoisotopic (exact) mass is 478 g/mol. The quantitative estimate of drug-likeness (QED) is 0.450. The molecule has 0 unspecified atom stereocenters. The Morgan fingerprint density at radius 3 is 2.42 bits per heavy atom. The summed E-state index contributed by atoms with van der Waals surface area (Å²) in [5.74, 6) is 1.20. The molecule has 1 aliphatic rings. The van der Waals surface area contributed by atoms with Crippen molar-refractivity contribution in [2.45, 2.75) is 13.2 Å². The number of piperazine rings is 1. The highest BCUT2D eigenvalue weighted by Gasteiger charge is 2.24. The predicted octanol–water partition coefficient (Wildman–Crippen LogP) is 5.78. The molecule has 0 saturated carbocycles. The summed E-state index contributed by atoms with van der Waals surface area (Å²) in [6.07, 6.45) is 0. The van der Waals surface area contributed by atoms with Crippen LogP contribution in [0.1, 0.15) is 21.9 Å². The Morgan fingerprint density at radius 1 is 0.935 bits per heavy atom. The molecule has 2 aromatic carbocycles. The number of benzene rings is 2. The van der Waals surface area contributed by atoms with E-state index >= 15 is 0 Å². The number of hydrogen-bond donors (Lipinski definition) is 0. The highest BCUT2D eigenvalue weighted by atomic mass is 35.5. The van der Waals surface area contributed by atoms with Crippen molar-refractivity contribution >= 4 is 40.7 Å². The zero-order valence-corrected chi connectivity index (χ0v) is 19.0. The first kappa shape index (κ1) is 22.0. The van der Waals surface area contributed by atoms with E-state index in [-0.39, 0.29) is 12.5 Å². The molecular formula is C23H21Cl3N2O3. The second kappa shape index (κ2) is 9.96. The van der Waals surface area contributed by atoms with Crippen LogP contribution in [0.5, 0.6) is 5.75 Å². The van der Waals surface area contributed by atoms with Gasteiger partial charge in [-0.3, -0.25) is 9.69 Å². The lowest BCUT2D eigenvalue weighted by Gasteiger charge is -2.34. The Bertz CT molecular complexity index is 1040. The summed E-state index contributed by atoms with van der Waals surface area (Å²) >= 11 is 18.1. The number of halogens is 3. The molecule has 0 N–H and O–H groups in total. The van der Waals surface area contributed by atoms with Gasteiger partial charge in [-0.15, -0.1) is 0 Å². The van der Waals surface area contributed by atoms with Gasteiger partial charge in [-0.2, -0.15) is 0 Å². The van der Waals surface area contributed by atoms with Crippen LogP contribution in [0.3, 0.4) is 0 Å². The van der Waals surface area contributed by atoms with Crippen molar-refractivity contribution in [2.75, 3.05) is 26.2 Å². The fourth-order valence-corrected chi connectivity index (χ4v) is 3.90. The molecule has 1 aromatic heterocycles. The van der Waals surface area contributed by atoms with Crippen LogP contribution < -0.4 is 4.74 Å². The number of ether oxygens (including phenoxy) is 1. The third-order valence-corrected chi connectivity index (χ3v) is 6.19. The van der Waals surface area contributed by atoms with Gasteiger partial charge in [-0.1, -0.05) is 53.0 Å². The van der Waals surface area contributed by atoms with Crippen LogP contribution in [0, 0.1) is 0 Å². The van der Waals surface area contributed by atoms with Crippen LogP contribution >= 0.6 is 34.8 Å². The zero-order chi connectivity index (χ0) is 21.8. The molecule has 8 heteroatoms. The fourth-order valence-electron chi connectivity index (χ4n) is 3.43. The van der Waals surface area contributed by atoms with E-state index in [1.807, 2.05) is 29.2 Å². The van der Waals surface area contributed by atoms with E-state index in [0.29, 0.717) is 40.4 Å². The number of furan rings is 1. The molecule has 4 rings (SSSR count). The molecular weight excluding hydrogens is 459 g/mol. The maximum atomic E-state index is 12.8. The van der Waals surface area contributed by atoms with Gasteiger partial charge < -0.3 is 14.1 Å². The molecule has 0 atom stereocenters. The van der Waals surface area contributed by atoms with E-state index < -0.39 is 0 Å². The highest BCUT2D eigenvalue weighted by Crippen LogP contribution is 2.32. The molecule has 2 heterocycles. The average molecular weight is 480 g/mol. The summed E-state index contributed by atoms with van der Waals surface area (Å²) in [7, 11) is 0. The number of hydrogen-bond acceptors (Lipinski definition) is 4. The van der Waals surface area contributed by atoms with Crippen molar-refractivity contribution in [2.24, 2.45) is 0 Å².